The molecule has 0 unspecified atom stereocenters. The van der Waals surface area contributed by atoms with Crippen LogP contribution in [0.15, 0.2) is 18.2 Å². The molecule has 1 saturated heterocycles. The van der Waals surface area contributed by atoms with E-state index in [1.807, 2.05) is 12.1 Å². The molecule has 1 aliphatic rings. The van der Waals surface area contributed by atoms with Crippen molar-refractivity contribution in [3.63, 3.8) is 0 Å². The summed E-state index contributed by atoms with van der Waals surface area (Å²) in [5.41, 5.74) is 7.09. The van der Waals surface area contributed by atoms with Gasteiger partial charge in [0.15, 0.2) is 11.5 Å². The van der Waals surface area contributed by atoms with Crippen molar-refractivity contribution in [1.82, 2.24) is 4.90 Å². The molecule has 2 rings (SSSR count). The van der Waals surface area contributed by atoms with Gasteiger partial charge in [0.2, 0.25) is 0 Å². The molecule has 108 valence electrons. The molecule has 1 aromatic carbocycles. The molecule has 1 heterocycles. The molecule has 0 amide bonds. The first-order valence-corrected chi connectivity index (χ1v) is 6.42. The maximum atomic E-state index is 5.92. The number of nitrogens with zero attached hydrogens (tertiary/aromatic N) is 1. The molecule has 0 aliphatic carbocycles. The van der Waals surface area contributed by atoms with Crippen LogP contribution in [0.25, 0.3) is 0 Å². The number of benzene rings is 1. The van der Waals surface area contributed by atoms with Crippen molar-refractivity contribution < 1.29 is 9.47 Å². The fraction of sp³-hybridized carbons (Fsp3) is 0.571. The summed E-state index contributed by atoms with van der Waals surface area (Å²) in [6.45, 7) is 3.01. The molecule has 19 heavy (non-hydrogen) atoms. The summed E-state index contributed by atoms with van der Waals surface area (Å²) in [7, 11) is 3.36. The van der Waals surface area contributed by atoms with E-state index in [0.29, 0.717) is 6.04 Å². The minimum atomic E-state index is 0. The number of hydrogen-bond acceptors (Lipinski definition) is 4. The van der Waals surface area contributed by atoms with E-state index in [1.165, 1.54) is 5.56 Å². The summed E-state index contributed by atoms with van der Waals surface area (Å²) in [6.07, 6.45) is 2.15. The van der Waals surface area contributed by atoms with E-state index in [9.17, 15) is 0 Å². The molecule has 0 saturated carbocycles. The highest BCUT2D eigenvalue weighted by Gasteiger charge is 2.18. The van der Waals surface area contributed by atoms with E-state index < -0.39 is 0 Å². The number of hydrogen-bond donors (Lipinski definition) is 1. The third-order valence-electron chi connectivity index (χ3n) is 3.51. The van der Waals surface area contributed by atoms with Crippen molar-refractivity contribution in [1.29, 1.82) is 0 Å². The van der Waals surface area contributed by atoms with Crippen molar-refractivity contribution in [2.45, 2.75) is 25.4 Å². The van der Waals surface area contributed by atoms with E-state index in [4.69, 9.17) is 15.2 Å². The van der Waals surface area contributed by atoms with Gasteiger partial charge in [-0.25, -0.2) is 0 Å². The molecule has 2 N–H and O–H groups in total. The van der Waals surface area contributed by atoms with Crippen LogP contribution in [0.5, 0.6) is 11.5 Å². The van der Waals surface area contributed by atoms with Gasteiger partial charge in [0, 0.05) is 18.2 Å². The lowest BCUT2D eigenvalue weighted by Crippen LogP contribution is -2.39. The fourth-order valence-electron chi connectivity index (χ4n) is 2.43. The molecule has 0 atom stereocenters. The lowest BCUT2D eigenvalue weighted by atomic mass is 10.0. The first-order valence-electron chi connectivity index (χ1n) is 6.42. The Labute approximate surface area is 121 Å². The van der Waals surface area contributed by atoms with Crippen LogP contribution < -0.4 is 15.2 Å². The number of nitrogens with two attached hydrogens (primary N) is 1. The Morgan fingerprint density at radius 1 is 1.21 bits per heavy atom. The normalized spacial score (nSPS) is 16.8. The summed E-state index contributed by atoms with van der Waals surface area (Å²) in [5, 5.41) is 0. The van der Waals surface area contributed by atoms with Gasteiger partial charge in [-0.3, -0.25) is 4.90 Å². The molecular formula is C14H23ClN2O2. The highest BCUT2D eigenvalue weighted by atomic mass is 35.5. The Bertz CT molecular complexity index is 393. The minimum absolute atomic E-state index is 0. The molecule has 0 spiro atoms. The highest BCUT2D eigenvalue weighted by molar-refractivity contribution is 5.85. The molecule has 0 bridgehead atoms. The fourth-order valence-corrected chi connectivity index (χ4v) is 2.43. The molecule has 0 aromatic heterocycles. The Balaban J connectivity index is 0.00000180. The van der Waals surface area contributed by atoms with E-state index in [2.05, 4.69) is 11.0 Å². The number of piperidine rings is 1. The lowest BCUT2D eigenvalue weighted by Gasteiger charge is -2.30. The SMILES string of the molecule is COc1cccc(CN2CCC(N)CC2)c1OC.Cl. The van der Waals surface area contributed by atoms with Gasteiger partial charge in [-0.05, 0) is 32.0 Å². The smallest absolute Gasteiger partial charge is 0.165 e. The van der Waals surface area contributed by atoms with Crippen LogP contribution in [0.1, 0.15) is 18.4 Å². The zero-order valence-electron chi connectivity index (χ0n) is 11.6. The van der Waals surface area contributed by atoms with Crippen molar-refractivity contribution in [2.75, 3.05) is 27.3 Å². The topological polar surface area (TPSA) is 47.7 Å². The average Bonchev–Trinajstić information content (AvgIpc) is 2.41. The second kappa shape index (κ2) is 7.58. The predicted octanol–water partition coefficient (Wildman–Crippen LogP) is 2.05. The summed E-state index contributed by atoms with van der Waals surface area (Å²) in [5.74, 6) is 1.64. The van der Waals surface area contributed by atoms with Gasteiger partial charge >= 0.3 is 0 Å². The largest absolute Gasteiger partial charge is 0.493 e. The third kappa shape index (κ3) is 4.00. The van der Waals surface area contributed by atoms with Crippen LogP contribution in [0, 0.1) is 0 Å². The molecule has 5 heteroatoms. The quantitative estimate of drug-likeness (QED) is 0.920. The predicted molar refractivity (Wildman–Crippen MR) is 79.3 cm³/mol. The van der Waals surface area contributed by atoms with Gasteiger partial charge < -0.3 is 15.2 Å². The maximum absolute atomic E-state index is 5.92. The Morgan fingerprint density at radius 3 is 2.47 bits per heavy atom. The van der Waals surface area contributed by atoms with Crippen molar-refractivity contribution in [2.24, 2.45) is 5.73 Å². The zero-order valence-corrected chi connectivity index (χ0v) is 12.4. The molecule has 1 fully saturated rings. The van der Waals surface area contributed by atoms with Gasteiger partial charge in [-0.1, -0.05) is 12.1 Å². The number of halogens is 1. The number of para-hydroxylation sites is 1. The van der Waals surface area contributed by atoms with Crippen LogP contribution in [0.3, 0.4) is 0 Å². The van der Waals surface area contributed by atoms with Crippen LogP contribution >= 0.6 is 12.4 Å². The average molecular weight is 287 g/mol. The first-order chi connectivity index (χ1) is 8.74. The number of likely N-dealkylation sites (tertiary alicyclic amines) is 1. The zero-order chi connectivity index (χ0) is 13.0. The monoisotopic (exact) mass is 286 g/mol. The van der Waals surface area contributed by atoms with Gasteiger partial charge in [-0.15, -0.1) is 12.4 Å². The number of methoxy groups -OCH3 is 2. The van der Waals surface area contributed by atoms with E-state index in [0.717, 1.165) is 44.0 Å². The van der Waals surface area contributed by atoms with Crippen LogP contribution in [-0.2, 0) is 6.54 Å². The molecule has 0 radical (unpaired) electrons. The van der Waals surface area contributed by atoms with Gasteiger partial charge in [0.25, 0.3) is 0 Å². The van der Waals surface area contributed by atoms with Crippen LogP contribution in [0.2, 0.25) is 0 Å². The molecule has 1 aliphatic heterocycles. The van der Waals surface area contributed by atoms with Crippen molar-refractivity contribution >= 4 is 12.4 Å². The Kier molecular flexibility index (Phi) is 6.42. The summed E-state index contributed by atoms with van der Waals surface area (Å²) < 4.78 is 10.8. The first kappa shape index (κ1) is 16.1. The second-order valence-electron chi connectivity index (χ2n) is 4.77. The third-order valence-corrected chi connectivity index (χ3v) is 3.51. The molecule has 4 nitrogen and oxygen atoms in total. The van der Waals surface area contributed by atoms with E-state index in [-0.39, 0.29) is 12.4 Å². The summed E-state index contributed by atoms with van der Waals surface area (Å²) in [4.78, 5) is 2.42. The van der Waals surface area contributed by atoms with Crippen LogP contribution in [0.4, 0.5) is 0 Å². The van der Waals surface area contributed by atoms with Crippen LogP contribution in [-0.4, -0.2) is 38.3 Å². The number of ether oxygens (including phenoxy) is 2. The Hall–Kier alpha value is -0.970. The summed E-state index contributed by atoms with van der Waals surface area (Å²) >= 11 is 0. The van der Waals surface area contributed by atoms with E-state index in [1.54, 1.807) is 14.2 Å². The maximum Gasteiger partial charge on any atom is 0.165 e. The standard InChI is InChI=1S/C14H22N2O2.ClH/c1-17-13-5-3-4-11(14(13)18-2)10-16-8-6-12(15)7-9-16;/h3-5,12H,6-10,15H2,1-2H3;1H. The van der Waals surface area contributed by atoms with Crippen molar-refractivity contribution in [3.05, 3.63) is 23.8 Å². The minimum Gasteiger partial charge on any atom is -0.493 e. The second-order valence-corrected chi connectivity index (χ2v) is 4.77. The van der Waals surface area contributed by atoms with Crippen molar-refractivity contribution in [3.8, 4) is 11.5 Å². The van der Waals surface area contributed by atoms with Gasteiger partial charge in [0.05, 0.1) is 14.2 Å². The van der Waals surface area contributed by atoms with Gasteiger partial charge in [0.1, 0.15) is 0 Å². The summed E-state index contributed by atoms with van der Waals surface area (Å²) in [6, 6.07) is 6.39. The van der Waals surface area contributed by atoms with Gasteiger partial charge in [-0.2, -0.15) is 0 Å². The lowest BCUT2D eigenvalue weighted by molar-refractivity contribution is 0.203. The highest BCUT2D eigenvalue weighted by Crippen LogP contribution is 2.31. The number of rotatable bonds is 4. The van der Waals surface area contributed by atoms with E-state index >= 15 is 0 Å². The molecule has 1 aromatic rings. The Morgan fingerprint density at radius 2 is 1.89 bits per heavy atom. The molecular weight excluding hydrogens is 264 g/mol.